The Bertz CT molecular complexity index is 928. The van der Waals surface area contributed by atoms with E-state index in [1.807, 2.05) is 30.3 Å². The molecular weight excluding hydrogens is 399 g/mol. The van der Waals surface area contributed by atoms with Crippen molar-refractivity contribution in [1.29, 1.82) is 0 Å². The number of nitrogens with zero attached hydrogens (tertiary/aromatic N) is 3. The lowest BCUT2D eigenvalue weighted by Crippen LogP contribution is -2.39. The van der Waals surface area contributed by atoms with E-state index in [1.54, 1.807) is 7.05 Å². The minimum atomic E-state index is -4.75. The number of amides is 2. The maximum absolute atomic E-state index is 12.7. The summed E-state index contributed by atoms with van der Waals surface area (Å²) < 4.78 is 40.6. The van der Waals surface area contributed by atoms with Crippen molar-refractivity contribution in [2.45, 2.75) is 32.3 Å². The zero-order valence-electron chi connectivity index (χ0n) is 16.2. The summed E-state index contributed by atoms with van der Waals surface area (Å²) in [5.41, 5.74) is 1.80. The van der Waals surface area contributed by atoms with Gasteiger partial charge in [0.05, 0.1) is 6.54 Å². The van der Waals surface area contributed by atoms with Gasteiger partial charge >= 0.3 is 6.36 Å². The van der Waals surface area contributed by atoms with Gasteiger partial charge in [-0.2, -0.15) is 5.10 Å². The number of carbonyl (C=O) groups excluding carboxylic acids is 2. The summed E-state index contributed by atoms with van der Waals surface area (Å²) in [6, 6.07) is 14.6. The molecule has 0 radical (unpaired) electrons. The first-order chi connectivity index (χ1) is 14.2. The normalized spacial score (nSPS) is 14.3. The second kappa shape index (κ2) is 8.98. The van der Waals surface area contributed by atoms with Crippen LogP contribution in [0.4, 0.5) is 13.2 Å². The van der Waals surface area contributed by atoms with Gasteiger partial charge in [-0.1, -0.05) is 42.5 Å². The molecule has 0 spiro atoms. The molecule has 0 fully saturated rings. The highest BCUT2D eigenvalue weighted by Crippen LogP contribution is 2.23. The average Bonchev–Trinajstić information content (AvgIpc) is 2.70. The molecule has 0 N–H and O–H groups in total. The molecule has 6 nitrogen and oxygen atoms in total. The molecule has 0 aromatic heterocycles. The highest BCUT2D eigenvalue weighted by Gasteiger charge is 2.31. The summed E-state index contributed by atoms with van der Waals surface area (Å²) in [5, 5.41) is 5.53. The fourth-order valence-electron chi connectivity index (χ4n) is 3.00. The molecule has 0 atom stereocenters. The summed E-state index contributed by atoms with van der Waals surface area (Å²) in [7, 11) is 1.57. The fraction of sp³-hybridized carbons (Fsp3) is 0.286. The minimum Gasteiger partial charge on any atom is -0.406 e. The number of hydrogen-bond acceptors (Lipinski definition) is 4. The van der Waals surface area contributed by atoms with Gasteiger partial charge in [0.2, 0.25) is 5.91 Å². The van der Waals surface area contributed by atoms with E-state index in [4.69, 9.17) is 0 Å². The summed E-state index contributed by atoms with van der Waals surface area (Å²) in [6.45, 7) is 0.456. The van der Waals surface area contributed by atoms with Crippen molar-refractivity contribution in [3.8, 4) is 5.75 Å². The molecule has 1 aliphatic heterocycles. The van der Waals surface area contributed by atoms with Gasteiger partial charge in [0.25, 0.3) is 5.91 Å². The number of carbonyl (C=O) groups is 2. The van der Waals surface area contributed by atoms with Crippen LogP contribution >= 0.6 is 0 Å². The zero-order valence-corrected chi connectivity index (χ0v) is 16.2. The van der Waals surface area contributed by atoms with Crippen LogP contribution in [0.2, 0.25) is 0 Å². The van der Waals surface area contributed by atoms with Crippen LogP contribution in [0.25, 0.3) is 0 Å². The SMILES string of the molecule is CN(Cc1ccc(OC(F)(F)F)cc1)C(=O)C1=NN(Cc2ccccc2)C(=O)CC1. The number of ether oxygens (including phenoxy) is 1. The van der Waals surface area contributed by atoms with E-state index < -0.39 is 6.36 Å². The quantitative estimate of drug-likeness (QED) is 0.717. The summed E-state index contributed by atoms with van der Waals surface area (Å²) in [5.74, 6) is -0.818. The van der Waals surface area contributed by atoms with E-state index in [-0.39, 0.29) is 49.2 Å². The number of hydrazone groups is 1. The van der Waals surface area contributed by atoms with E-state index in [9.17, 15) is 22.8 Å². The molecule has 0 saturated carbocycles. The van der Waals surface area contributed by atoms with Crippen LogP contribution in [0.5, 0.6) is 5.75 Å². The molecule has 0 saturated heterocycles. The highest BCUT2D eigenvalue weighted by molar-refractivity contribution is 6.39. The first-order valence-electron chi connectivity index (χ1n) is 9.23. The van der Waals surface area contributed by atoms with Crippen molar-refractivity contribution in [3.05, 3.63) is 65.7 Å². The Morgan fingerprint density at radius 1 is 1.07 bits per heavy atom. The van der Waals surface area contributed by atoms with Crippen LogP contribution in [0, 0.1) is 0 Å². The van der Waals surface area contributed by atoms with Gasteiger partial charge in [-0.3, -0.25) is 9.59 Å². The molecule has 9 heteroatoms. The van der Waals surface area contributed by atoms with Crippen LogP contribution in [-0.2, 0) is 22.7 Å². The first kappa shape index (κ1) is 21.4. The number of benzene rings is 2. The number of halogens is 3. The Morgan fingerprint density at radius 3 is 2.37 bits per heavy atom. The lowest BCUT2D eigenvalue weighted by Gasteiger charge is -2.25. The van der Waals surface area contributed by atoms with Gasteiger partial charge in [0.1, 0.15) is 11.5 Å². The Labute approximate surface area is 171 Å². The van der Waals surface area contributed by atoms with Crippen molar-refractivity contribution in [2.24, 2.45) is 5.10 Å². The highest BCUT2D eigenvalue weighted by atomic mass is 19.4. The molecule has 2 aromatic rings. The molecule has 2 amide bonds. The number of hydrogen-bond donors (Lipinski definition) is 0. The van der Waals surface area contributed by atoms with Crippen molar-refractivity contribution in [3.63, 3.8) is 0 Å². The van der Waals surface area contributed by atoms with Gasteiger partial charge < -0.3 is 9.64 Å². The number of rotatable bonds is 6. The smallest absolute Gasteiger partial charge is 0.406 e. The van der Waals surface area contributed by atoms with Gasteiger partial charge in [-0.25, -0.2) is 5.01 Å². The van der Waals surface area contributed by atoms with Gasteiger partial charge in [0.15, 0.2) is 0 Å². The van der Waals surface area contributed by atoms with E-state index in [2.05, 4.69) is 9.84 Å². The van der Waals surface area contributed by atoms with Gasteiger partial charge in [0, 0.05) is 26.4 Å². The molecule has 0 bridgehead atoms. The molecule has 30 heavy (non-hydrogen) atoms. The average molecular weight is 419 g/mol. The summed E-state index contributed by atoms with van der Waals surface area (Å²) >= 11 is 0. The lowest BCUT2D eigenvalue weighted by molar-refractivity contribution is -0.274. The monoisotopic (exact) mass is 419 g/mol. The Hall–Kier alpha value is -3.36. The van der Waals surface area contributed by atoms with Crippen LogP contribution in [0.15, 0.2) is 59.7 Å². The Morgan fingerprint density at radius 2 is 1.73 bits per heavy atom. The van der Waals surface area contributed by atoms with Gasteiger partial charge in [-0.05, 0) is 23.3 Å². The van der Waals surface area contributed by atoms with E-state index in [0.29, 0.717) is 5.56 Å². The fourth-order valence-corrected chi connectivity index (χ4v) is 3.00. The third kappa shape index (κ3) is 5.82. The van der Waals surface area contributed by atoms with Crippen molar-refractivity contribution >= 4 is 17.5 Å². The van der Waals surface area contributed by atoms with E-state index in [0.717, 1.165) is 5.56 Å². The third-order valence-electron chi connectivity index (χ3n) is 4.45. The van der Waals surface area contributed by atoms with E-state index in [1.165, 1.54) is 34.2 Å². The maximum Gasteiger partial charge on any atom is 0.573 e. The topological polar surface area (TPSA) is 62.2 Å². The minimum absolute atomic E-state index is 0.154. The van der Waals surface area contributed by atoms with Crippen LogP contribution in [-0.4, -0.2) is 40.8 Å². The molecule has 2 aromatic carbocycles. The number of alkyl halides is 3. The zero-order chi connectivity index (χ0) is 21.7. The molecular formula is C21H20F3N3O3. The Balaban J connectivity index is 1.64. The lowest BCUT2D eigenvalue weighted by atomic mass is 10.1. The van der Waals surface area contributed by atoms with Crippen molar-refractivity contribution < 1.29 is 27.5 Å². The van der Waals surface area contributed by atoms with Crippen LogP contribution in [0.1, 0.15) is 24.0 Å². The molecule has 1 heterocycles. The van der Waals surface area contributed by atoms with Gasteiger partial charge in [-0.15, -0.1) is 13.2 Å². The van der Waals surface area contributed by atoms with Crippen molar-refractivity contribution in [2.75, 3.05) is 7.05 Å². The predicted octanol–water partition coefficient (Wildman–Crippen LogP) is 3.72. The largest absolute Gasteiger partial charge is 0.573 e. The predicted molar refractivity (Wildman–Crippen MR) is 103 cm³/mol. The second-order valence-corrected chi connectivity index (χ2v) is 6.84. The summed E-state index contributed by atoms with van der Waals surface area (Å²) in [6.07, 6.45) is -4.32. The third-order valence-corrected chi connectivity index (χ3v) is 4.45. The molecule has 0 unspecified atom stereocenters. The Kier molecular flexibility index (Phi) is 6.39. The molecule has 1 aliphatic rings. The molecule has 0 aliphatic carbocycles. The van der Waals surface area contributed by atoms with Crippen LogP contribution < -0.4 is 4.74 Å². The van der Waals surface area contributed by atoms with Crippen molar-refractivity contribution in [1.82, 2.24) is 9.91 Å². The maximum atomic E-state index is 12.7. The standard InChI is InChI=1S/C21H20F3N3O3/c1-26(13-16-7-9-17(10-8-16)30-21(22,23)24)20(29)18-11-12-19(28)27(25-18)14-15-5-3-2-4-6-15/h2-10H,11-14H2,1H3. The molecule has 158 valence electrons. The van der Waals surface area contributed by atoms with Crippen LogP contribution in [0.3, 0.4) is 0 Å². The summed E-state index contributed by atoms with van der Waals surface area (Å²) in [4.78, 5) is 26.3. The first-order valence-corrected chi connectivity index (χ1v) is 9.23. The molecule has 3 rings (SSSR count). The second-order valence-electron chi connectivity index (χ2n) is 6.84. The van der Waals surface area contributed by atoms with E-state index >= 15 is 0 Å².